The summed E-state index contributed by atoms with van der Waals surface area (Å²) in [6.45, 7) is 6.51. The number of alkyl carbamates (subject to hydrolysis) is 1. The Bertz CT molecular complexity index is 837. The van der Waals surface area contributed by atoms with Crippen LogP contribution in [0.15, 0.2) is 30.5 Å². The number of carbonyl (C=O) groups excluding carboxylic acids is 2. The lowest BCUT2D eigenvalue weighted by Gasteiger charge is -2.24. The van der Waals surface area contributed by atoms with Crippen LogP contribution in [0.25, 0.3) is 10.9 Å². The van der Waals surface area contributed by atoms with Gasteiger partial charge in [-0.1, -0.05) is 18.2 Å². The van der Waals surface area contributed by atoms with Crippen LogP contribution in [-0.2, 0) is 20.7 Å². The monoisotopic (exact) mass is 375 g/mol. The highest BCUT2D eigenvalue weighted by molar-refractivity contribution is 5.90. The maximum Gasteiger partial charge on any atom is 0.408 e. The largest absolute Gasteiger partial charge is 0.480 e. The van der Waals surface area contributed by atoms with Crippen molar-refractivity contribution in [2.45, 2.75) is 51.8 Å². The number of hydrogen-bond acceptors (Lipinski definition) is 4. The van der Waals surface area contributed by atoms with Crippen molar-refractivity contribution in [2.75, 3.05) is 0 Å². The van der Waals surface area contributed by atoms with Crippen LogP contribution in [0.3, 0.4) is 0 Å². The van der Waals surface area contributed by atoms with E-state index in [1.807, 2.05) is 24.3 Å². The van der Waals surface area contributed by atoms with E-state index in [1.165, 1.54) is 6.92 Å². The van der Waals surface area contributed by atoms with Gasteiger partial charge >= 0.3 is 12.1 Å². The van der Waals surface area contributed by atoms with Crippen molar-refractivity contribution < 1.29 is 24.2 Å². The first-order valence-corrected chi connectivity index (χ1v) is 8.64. The number of fused-ring (bicyclic) bond motifs is 1. The fourth-order valence-electron chi connectivity index (χ4n) is 2.56. The third kappa shape index (κ3) is 5.73. The molecule has 8 heteroatoms. The molecule has 2 amide bonds. The van der Waals surface area contributed by atoms with Gasteiger partial charge in [0.1, 0.15) is 17.7 Å². The third-order valence-electron chi connectivity index (χ3n) is 3.84. The molecule has 0 aliphatic rings. The van der Waals surface area contributed by atoms with Crippen LogP contribution in [0.5, 0.6) is 0 Å². The number of benzene rings is 1. The zero-order valence-electron chi connectivity index (χ0n) is 15.8. The van der Waals surface area contributed by atoms with Crippen molar-refractivity contribution in [2.24, 2.45) is 0 Å². The van der Waals surface area contributed by atoms with E-state index in [0.29, 0.717) is 0 Å². The Morgan fingerprint density at radius 1 is 1.19 bits per heavy atom. The Labute approximate surface area is 157 Å². The van der Waals surface area contributed by atoms with Crippen LogP contribution in [0.4, 0.5) is 4.79 Å². The summed E-state index contributed by atoms with van der Waals surface area (Å²) in [7, 11) is 0. The Morgan fingerprint density at radius 2 is 1.85 bits per heavy atom. The lowest BCUT2D eigenvalue weighted by molar-refractivity contribution is -0.141. The molecule has 146 valence electrons. The number of hydrogen-bond donors (Lipinski definition) is 4. The van der Waals surface area contributed by atoms with Crippen LogP contribution >= 0.6 is 0 Å². The number of aromatic amines is 1. The molecular formula is C19H25N3O5. The molecule has 0 fully saturated rings. The highest BCUT2D eigenvalue weighted by Gasteiger charge is 2.27. The molecule has 27 heavy (non-hydrogen) atoms. The minimum atomic E-state index is -1.16. The number of nitrogens with one attached hydrogen (secondary N) is 3. The summed E-state index contributed by atoms with van der Waals surface area (Å²) in [5, 5.41) is 14.9. The van der Waals surface area contributed by atoms with E-state index < -0.39 is 35.7 Å². The standard InChI is InChI=1S/C19H25N3O5/c1-11(17(24)25)21-16(23)15(22-18(26)27-19(2,3)4)9-12-10-20-14-8-6-5-7-13(12)14/h5-8,10-11,15,20H,9H2,1-4H3,(H,21,23)(H,22,26)(H,24,25). The number of carboxylic acid groups (broad SMARTS) is 1. The molecule has 2 unspecified atom stereocenters. The van der Waals surface area contributed by atoms with Crippen molar-refractivity contribution in [1.82, 2.24) is 15.6 Å². The van der Waals surface area contributed by atoms with Gasteiger partial charge in [-0.15, -0.1) is 0 Å². The van der Waals surface area contributed by atoms with Gasteiger partial charge in [0.05, 0.1) is 0 Å². The number of H-pyrrole nitrogens is 1. The molecule has 4 N–H and O–H groups in total. The van der Waals surface area contributed by atoms with E-state index in [9.17, 15) is 14.4 Å². The van der Waals surface area contributed by atoms with Gasteiger partial charge in [0.2, 0.25) is 5.91 Å². The van der Waals surface area contributed by atoms with Gasteiger partial charge in [-0.2, -0.15) is 0 Å². The van der Waals surface area contributed by atoms with Crippen LogP contribution in [0, 0.1) is 0 Å². The smallest absolute Gasteiger partial charge is 0.408 e. The molecule has 0 saturated heterocycles. The lowest BCUT2D eigenvalue weighted by Crippen LogP contribution is -2.52. The van der Waals surface area contributed by atoms with Gasteiger partial charge in [0, 0.05) is 23.5 Å². The normalized spacial score (nSPS) is 13.6. The molecule has 0 aliphatic heterocycles. The van der Waals surface area contributed by atoms with Crippen molar-refractivity contribution in [1.29, 1.82) is 0 Å². The fraction of sp³-hybridized carbons (Fsp3) is 0.421. The third-order valence-corrected chi connectivity index (χ3v) is 3.84. The highest BCUT2D eigenvalue weighted by atomic mass is 16.6. The minimum absolute atomic E-state index is 0.182. The second-order valence-corrected chi connectivity index (χ2v) is 7.33. The molecule has 0 aliphatic carbocycles. The molecule has 1 aromatic carbocycles. The SMILES string of the molecule is CC(NC(=O)C(Cc1c[nH]c2ccccc12)NC(=O)OC(C)(C)C)C(=O)O. The molecule has 2 atom stereocenters. The number of ether oxygens (including phenoxy) is 1. The molecule has 1 aromatic heterocycles. The number of aromatic nitrogens is 1. The first-order valence-electron chi connectivity index (χ1n) is 8.64. The maximum atomic E-state index is 12.6. The summed E-state index contributed by atoms with van der Waals surface area (Å²) in [6, 6.07) is 5.51. The zero-order chi connectivity index (χ0) is 20.2. The van der Waals surface area contributed by atoms with Crippen molar-refractivity contribution >= 4 is 28.9 Å². The molecule has 1 heterocycles. The molecule has 8 nitrogen and oxygen atoms in total. The lowest BCUT2D eigenvalue weighted by atomic mass is 10.0. The van der Waals surface area contributed by atoms with E-state index in [-0.39, 0.29) is 6.42 Å². The summed E-state index contributed by atoms with van der Waals surface area (Å²) in [4.78, 5) is 38.9. The number of carboxylic acids is 1. The van der Waals surface area contributed by atoms with Crippen LogP contribution < -0.4 is 10.6 Å². The highest BCUT2D eigenvalue weighted by Crippen LogP contribution is 2.19. The summed E-state index contributed by atoms with van der Waals surface area (Å²) in [5.41, 5.74) is 1.01. The molecule has 0 saturated carbocycles. The second-order valence-electron chi connectivity index (χ2n) is 7.33. The molecule has 2 rings (SSSR count). The topological polar surface area (TPSA) is 121 Å². The minimum Gasteiger partial charge on any atom is -0.480 e. The van der Waals surface area contributed by atoms with E-state index in [0.717, 1.165) is 16.5 Å². The molecular weight excluding hydrogens is 350 g/mol. The van der Waals surface area contributed by atoms with Crippen LogP contribution in [0.1, 0.15) is 33.3 Å². The average Bonchev–Trinajstić information content (AvgIpc) is 2.95. The van der Waals surface area contributed by atoms with Crippen LogP contribution in [-0.4, -0.2) is 45.7 Å². The van der Waals surface area contributed by atoms with E-state index in [1.54, 1.807) is 27.0 Å². The Balaban J connectivity index is 2.21. The van der Waals surface area contributed by atoms with Crippen LogP contribution in [0.2, 0.25) is 0 Å². The molecule has 2 aromatic rings. The molecule has 0 radical (unpaired) electrons. The van der Waals surface area contributed by atoms with Gasteiger partial charge in [-0.25, -0.2) is 4.79 Å². The van der Waals surface area contributed by atoms with Gasteiger partial charge in [-0.05, 0) is 39.3 Å². The van der Waals surface area contributed by atoms with Gasteiger partial charge in [-0.3, -0.25) is 9.59 Å². The number of carbonyl (C=O) groups is 3. The summed E-state index contributed by atoms with van der Waals surface area (Å²) >= 11 is 0. The maximum absolute atomic E-state index is 12.6. The fourth-order valence-corrected chi connectivity index (χ4v) is 2.56. The van der Waals surface area contributed by atoms with Crippen molar-refractivity contribution in [3.8, 4) is 0 Å². The molecule has 0 bridgehead atoms. The van der Waals surface area contributed by atoms with E-state index in [2.05, 4.69) is 15.6 Å². The quantitative estimate of drug-likeness (QED) is 0.617. The number of aliphatic carboxylic acids is 1. The number of amides is 2. The van der Waals surface area contributed by atoms with E-state index in [4.69, 9.17) is 9.84 Å². The predicted octanol–water partition coefficient (Wildman–Crippen LogP) is 2.19. The molecule has 0 spiro atoms. The first-order chi connectivity index (χ1) is 12.6. The zero-order valence-corrected chi connectivity index (χ0v) is 15.8. The number of para-hydroxylation sites is 1. The summed E-state index contributed by atoms with van der Waals surface area (Å²) in [6.07, 6.45) is 1.20. The summed E-state index contributed by atoms with van der Waals surface area (Å²) < 4.78 is 5.22. The number of rotatable bonds is 6. The Morgan fingerprint density at radius 3 is 2.48 bits per heavy atom. The average molecular weight is 375 g/mol. The second kappa shape index (κ2) is 8.11. The summed E-state index contributed by atoms with van der Waals surface area (Å²) in [5.74, 6) is -1.76. The van der Waals surface area contributed by atoms with Crippen molar-refractivity contribution in [3.05, 3.63) is 36.0 Å². The Hall–Kier alpha value is -3.03. The van der Waals surface area contributed by atoms with Crippen molar-refractivity contribution in [3.63, 3.8) is 0 Å². The predicted molar refractivity (Wildman–Crippen MR) is 100 cm³/mol. The van der Waals surface area contributed by atoms with Gasteiger partial charge < -0.3 is 25.5 Å². The van der Waals surface area contributed by atoms with Gasteiger partial charge in [0.15, 0.2) is 0 Å². The van der Waals surface area contributed by atoms with Gasteiger partial charge in [0.25, 0.3) is 0 Å². The Kier molecular flexibility index (Phi) is 6.09. The first kappa shape index (κ1) is 20.3. The van der Waals surface area contributed by atoms with E-state index >= 15 is 0 Å².